The topological polar surface area (TPSA) is 3.24 Å². The van der Waals surface area contributed by atoms with Crippen molar-refractivity contribution in [2.24, 2.45) is 0 Å². The molecule has 0 aromatic heterocycles. The normalized spacial score (nSPS) is 14.2. The molecule has 0 saturated heterocycles. The first kappa shape index (κ1) is 35.9. The molecule has 10 aromatic rings. The third-order valence-corrected chi connectivity index (χ3v) is 13.1. The van der Waals surface area contributed by atoms with Crippen molar-refractivity contribution >= 4 is 17.1 Å². The van der Waals surface area contributed by atoms with Crippen molar-refractivity contribution in [3.05, 3.63) is 271 Å². The van der Waals surface area contributed by atoms with Gasteiger partial charge < -0.3 is 4.90 Å². The largest absolute Gasteiger partial charge is 0.311 e. The van der Waals surface area contributed by atoms with Crippen LogP contribution in [0.1, 0.15) is 22.3 Å². The SMILES string of the molecule is c1ccc(-c2ccc(N(c3ccccc3)c3ccc(-c4ccc(-c5ccccc5)c5c4C4(c6ccccc6-c6c(-c7ccccc7)cccc64)c4ccccc4-5)cc3)cc2)cc1. The number of hydrogen-bond acceptors (Lipinski definition) is 1. The Balaban J connectivity index is 1.09. The number of hydrogen-bond donors (Lipinski definition) is 0. The van der Waals surface area contributed by atoms with Gasteiger partial charge in [-0.05, 0) is 125 Å². The summed E-state index contributed by atoms with van der Waals surface area (Å²) in [7, 11) is 0. The summed E-state index contributed by atoms with van der Waals surface area (Å²) < 4.78 is 0. The minimum atomic E-state index is -0.544. The highest BCUT2D eigenvalue weighted by Gasteiger charge is 2.54. The van der Waals surface area contributed by atoms with Crippen molar-refractivity contribution in [1.82, 2.24) is 0 Å². The lowest BCUT2D eigenvalue weighted by molar-refractivity contribution is 0.796. The highest BCUT2D eigenvalue weighted by atomic mass is 15.1. The maximum Gasteiger partial charge on any atom is 0.0731 e. The Hall–Kier alpha value is -8.00. The van der Waals surface area contributed by atoms with Crippen LogP contribution in [0.3, 0.4) is 0 Å². The average molecular weight is 788 g/mol. The summed E-state index contributed by atoms with van der Waals surface area (Å²) in [6, 6.07) is 91.4. The second kappa shape index (κ2) is 14.6. The van der Waals surface area contributed by atoms with Gasteiger partial charge in [0.2, 0.25) is 0 Å². The first-order valence-corrected chi connectivity index (χ1v) is 21.5. The van der Waals surface area contributed by atoms with Gasteiger partial charge in [-0.25, -0.2) is 0 Å². The quantitative estimate of drug-likeness (QED) is 0.155. The van der Waals surface area contributed by atoms with E-state index >= 15 is 0 Å². The fraction of sp³-hybridized carbons (Fsp3) is 0.0164. The van der Waals surface area contributed by atoms with Gasteiger partial charge in [0.05, 0.1) is 5.41 Å². The maximum absolute atomic E-state index is 2.40. The molecule has 10 aromatic carbocycles. The highest BCUT2D eigenvalue weighted by molar-refractivity contribution is 6.05. The Morgan fingerprint density at radius 1 is 0.226 bits per heavy atom. The zero-order valence-electron chi connectivity index (χ0n) is 34.1. The summed E-state index contributed by atoms with van der Waals surface area (Å²) in [6.07, 6.45) is 0. The van der Waals surface area contributed by atoms with E-state index < -0.39 is 5.41 Å². The number of nitrogens with zero attached hydrogens (tertiary/aromatic N) is 1. The van der Waals surface area contributed by atoms with E-state index in [1.54, 1.807) is 0 Å². The van der Waals surface area contributed by atoms with Gasteiger partial charge in [0.25, 0.3) is 0 Å². The van der Waals surface area contributed by atoms with E-state index in [2.05, 4.69) is 254 Å². The number of anilines is 3. The molecule has 1 heteroatoms. The average Bonchev–Trinajstić information content (AvgIpc) is 3.84. The monoisotopic (exact) mass is 787 g/mol. The van der Waals surface area contributed by atoms with Gasteiger partial charge >= 0.3 is 0 Å². The van der Waals surface area contributed by atoms with Gasteiger partial charge in [-0.15, -0.1) is 0 Å². The predicted molar refractivity (Wildman–Crippen MR) is 259 cm³/mol. The van der Waals surface area contributed by atoms with Crippen LogP contribution in [0.2, 0.25) is 0 Å². The first-order chi connectivity index (χ1) is 30.8. The van der Waals surface area contributed by atoms with Crippen molar-refractivity contribution < 1.29 is 0 Å². The molecule has 1 unspecified atom stereocenters. The van der Waals surface area contributed by atoms with Crippen LogP contribution < -0.4 is 4.90 Å². The van der Waals surface area contributed by atoms with Crippen molar-refractivity contribution in [2.45, 2.75) is 5.41 Å². The number of fused-ring (bicyclic) bond motifs is 10. The van der Waals surface area contributed by atoms with Crippen LogP contribution in [0.25, 0.3) is 66.8 Å². The first-order valence-electron chi connectivity index (χ1n) is 21.5. The third kappa shape index (κ3) is 5.49. The van der Waals surface area contributed by atoms with Crippen LogP contribution in [0.15, 0.2) is 249 Å². The molecule has 0 bridgehead atoms. The summed E-state index contributed by atoms with van der Waals surface area (Å²) in [6.45, 7) is 0. The molecule has 12 rings (SSSR count). The fourth-order valence-electron chi connectivity index (χ4n) is 10.5. The van der Waals surface area contributed by atoms with Crippen molar-refractivity contribution in [3.63, 3.8) is 0 Å². The van der Waals surface area contributed by atoms with Gasteiger partial charge in [-0.3, -0.25) is 0 Å². The van der Waals surface area contributed by atoms with E-state index in [1.807, 2.05) is 0 Å². The number of rotatable bonds is 7. The molecule has 2 aliphatic carbocycles. The van der Waals surface area contributed by atoms with Gasteiger partial charge in [0, 0.05) is 17.1 Å². The highest BCUT2D eigenvalue weighted by Crippen LogP contribution is 2.66. The molecule has 0 radical (unpaired) electrons. The van der Waals surface area contributed by atoms with E-state index in [1.165, 1.54) is 89.0 Å². The molecule has 0 amide bonds. The smallest absolute Gasteiger partial charge is 0.0731 e. The van der Waals surface area contributed by atoms with Crippen LogP contribution in [0.4, 0.5) is 17.1 Å². The molecule has 1 spiro atoms. The predicted octanol–water partition coefficient (Wildman–Crippen LogP) is 16.2. The van der Waals surface area contributed by atoms with Gasteiger partial charge in [-0.2, -0.15) is 0 Å². The molecule has 0 aliphatic heterocycles. The van der Waals surface area contributed by atoms with Crippen LogP contribution in [-0.2, 0) is 5.41 Å². The van der Waals surface area contributed by atoms with Crippen LogP contribution in [-0.4, -0.2) is 0 Å². The van der Waals surface area contributed by atoms with E-state index in [4.69, 9.17) is 0 Å². The van der Waals surface area contributed by atoms with Crippen LogP contribution in [0.5, 0.6) is 0 Å². The summed E-state index contributed by atoms with van der Waals surface area (Å²) in [4.78, 5) is 2.35. The summed E-state index contributed by atoms with van der Waals surface area (Å²) in [5, 5.41) is 0. The number of benzene rings is 10. The van der Waals surface area contributed by atoms with Crippen LogP contribution >= 0.6 is 0 Å². The Morgan fingerprint density at radius 3 is 1.18 bits per heavy atom. The second-order valence-electron chi connectivity index (χ2n) is 16.3. The van der Waals surface area contributed by atoms with E-state index in [0.717, 1.165) is 17.1 Å². The van der Waals surface area contributed by atoms with Crippen molar-refractivity contribution in [1.29, 1.82) is 0 Å². The van der Waals surface area contributed by atoms with Gasteiger partial charge in [0.1, 0.15) is 0 Å². The Kier molecular flexibility index (Phi) is 8.47. The molecule has 0 saturated carbocycles. The van der Waals surface area contributed by atoms with E-state index in [0.29, 0.717) is 0 Å². The van der Waals surface area contributed by atoms with E-state index in [9.17, 15) is 0 Å². The molecule has 0 heterocycles. The van der Waals surface area contributed by atoms with Crippen molar-refractivity contribution in [2.75, 3.05) is 4.90 Å². The van der Waals surface area contributed by atoms with Crippen LogP contribution in [0, 0.1) is 0 Å². The third-order valence-electron chi connectivity index (χ3n) is 13.1. The molecule has 62 heavy (non-hydrogen) atoms. The second-order valence-corrected chi connectivity index (χ2v) is 16.3. The zero-order chi connectivity index (χ0) is 41.0. The molecule has 0 N–H and O–H groups in total. The minimum Gasteiger partial charge on any atom is -0.311 e. The zero-order valence-corrected chi connectivity index (χ0v) is 34.1. The Labute approximate surface area is 363 Å². The van der Waals surface area contributed by atoms with E-state index in [-0.39, 0.29) is 0 Å². The molecule has 2 aliphatic rings. The number of para-hydroxylation sites is 1. The lowest BCUT2D eigenvalue weighted by Crippen LogP contribution is -2.26. The standard InChI is InChI=1S/C61H41N/c1-5-18-42(19-6-1)43-32-36-48(37-33-43)62(47-24-11-4-12-25-47)49-38-34-46(35-39-49)52-41-40-51(45-22-9-3-10-23-45)59-54-27-14-16-30-56(54)61(60(52)59)55-29-15-13-26-53(55)58-50(28-17-31-57(58)61)44-20-7-2-8-21-44/h1-41H. The fourth-order valence-corrected chi connectivity index (χ4v) is 10.5. The van der Waals surface area contributed by atoms with Gasteiger partial charge in [-0.1, -0.05) is 212 Å². The minimum absolute atomic E-state index is 0.544. The summed E-state index contributed by atoms with van der Waals surface area (Å²) in [5.41, 5.74) is 23.2. The molecule has 290 valence electrons. The lowest BCUT2D eigenvalue weighted by Gasteiger charge is -2.33. The molecule has 0 fully saturated rings. The molecular weight excluding hydrogens is 747 g/mol. The van der Waals surface area contributed by atoms with Gasteiger partial charge in [0.15, 0.2) is 0 Å². The molecule has 1 atom stereocenters. The Bertz CT molecular complexity index is 3230. The Morgan fingerprint density at radius 2 is 0.597 bits per heavy atom. The molecule has 1 nitrogen and oxygen atoms in total. The summed E-state index contributed by atoms with van der Waals surface area (Å²) in [5.74, 6) is 0. The van der Waals surface area contributed by atoms with Crippen molar-refractivity contribution in [3.8, 4) is 66.8 Å². The summed E-state index contributed by atoms with van der Waals surface area (Å²) >= 11 is 0. The molecular formula is C61H41N. The maximum atomic E-state index is 2.40. The lowest BCUT2D eigenvalue weighted by atomic mass is 9.68.